The van der Waals surface area contributed by atoms with Crippen LogP contribution in [0, 0.1) is 5.92 Å². The molecule has 0 aliphatic carbocycles. The first-order valence-corrected chi connectivity index (χ1v) is 6.62. The molecule has 0 radical (unpaired) electrons. The van der Waals surface area contributed by atoms with Crippen molar-refractivity contribution in [2.45, 2.75) is 54.0 Å². The summed E-state index contributed by atoms with van der Waals surface area (Å²) < 4.78 is 0. The number of para-hydroxylation sites is 1. The first kappa shape index (κ1) is 15.0. The lowest BCUT2D eigenvalue weighted by Crippen LogP contribution is -2.21. The molecule has 1 heteroatoms. The minimum atomic E-state index is 0.641. The van der Waals surface area contributed by atoms with Gasteiger partial charge in [0, 0.05) is 11.7 Å². The third-order valence-corrected chi connectivity index (χ3v) is 2.60. The van der Waals surface area contributed by atoms with Crippen LogP contribution in [0.3, 0.4) is 0 Å². The van der Waals surface area contributed by atoms with Crippen LogP contribution in [0.1, 0.15) is 47.1 Å². The average Bonchev–Trinajstić information content (AvgIpc) is 2.78. The van der Waals surface area contributed by atoms with E-state index in [1.165, 1.54) is 17.7 Å². The number of rotatable bonds is 1. The Morgan fingerprint density at radius 1 is 1.06 bits per heavy atom. The van der Waals surface area contributed by atoms with Gasteiger partial charge in [-0.2, -0.15) is 0 Å². The first-order valence-electron chi connectivity index (χ1n) is 6.62. The summed E-state index contributed by atoms with van der Waals surface area (Å²) in [6.45, 7) is 12.5. The predicted octanol–water partition coefficient (Wildman–Crippen LogP) is 4.73. The van der Waals surface area contributed by atoms with Gasteiger partial charge >= 0.3 is 0 Å². The third-order valence-electron chi connectivity index (χ3n) is 2.60. The Morgan fingerprint density at radius 3 is 2.12 bits per heavy atom. The highest BCUT2D eigenvalue weighted by Crippen LogP contribution is 2.28. The van der Waals surface area contributed by atoms with Crippen molar-refractivity contribution in [2.75, 3.05) is 5.32 Å². The van der Waals surface area contributed by atoms with Gasteiger partial charge in [0.15, 0.2) is 0 Å². The highest BCUT2D eigenvalue weighted by Gasteiger charge is 2.21. The van der Waals surface area contributed by atoms with Gasteiger partial charge in [-0.05, 0) is 24.0 Å². The summed E-state index contributed by atoms with van der Waals surface area (Å²) in [6.07, 6.45) is 1.19. The van der Waals surface area contributed by atoms with Crippen molar-refractivity contribution in [3.63, 3.8) is 0 Å². The molecule has 1 N–H and O–H groups in total. The Bertz CT molecular complexity index is 254. The van der Waals surface area contributed by atoms with E-state index >= 15 is 0 Å². The van der Waals surface area contributed by atoms with Crippen LogP contribution in [-0.4, -0.2) is 6.04 Å². The van der Waals surface area contributed by atoms with Crippen molar-refractivity contribution in [3.05, 3.63) is 29.8 Å². The van der Waals surface area contributed by atoms with Gasteiger partial charge in [-0.3, -0.25) is 0 Å². The van der Waals surface area contributed by atoms with Crippen molar-refractivity contribution in [1.82, 2.24) is 0 Å². The summed E-state index contributed by atoms with van der Waals surface area (Å²) in [6, 6.07) is 9.22. The highest BCUT2D eigenvalue weighted by atomic mass is 15.0. The van der Waals surface area contributed by atoms with E-state index in [0.29, 0.717) is 6.04 Å². The molecule has 1 aliphatic rings. The Kier molecular flexibility index (Phi) is 7.70. The lowest BCUT2D eigenvalue weighted by molar-refractivity contribution is 0.538. The van der Waals surface area contributed by atoms with E-state index in [-0.39, 0.29) is 0 Å². The molecule has 0 saturated heterocycles. The normalized spacial score (nSPS) is 16.3. The van der Waals surface area contributed by atoms with Gasteiger partial charge in [-0.1, -0.05) is 59.7 Å². The molecule has 1 aliphatic heterocycles. The number of hydrogen-bond donors (Lipinski definition) is 1. The Labute approximate surface area is 101 Å². The van der Waals surface area contributed by atoms with E-state index in [9.17, 15) is 0 Å². The number of benzene rings is 1. The van der Waals surface area contributed by atoms with Gasteiger partial charge in [-0.15, -0.1) is 0 Å². The summed E-state index contributed by atoms with van der Waals surface area (Å²) in [5, 5.41) is 3.53. The molecule has 16 heavy (non-hydrogen) atoms. The zero-order valence-corrected chi connectivity index (χ0v) is 11.7. The molecular formula is C15H27N. The first-order chi connectivity index (χ1) is 7.77. The van der Waals surface area contributed by atoms with Crippen LogP contribution >= 0.6 is 0 Å². The van der Waals surface area contributed by atoms with Crippen LogP contribution < -0.4 is 5.32 Å². The minimum absolute atomic E-state index is 0.641. The van der Waals surface area contributed by atoms with Crippen LogP contribution in [0.25, 0.3) is 0 Å². The number of nitrogens with one attached hydrogen (secondary N) is 1. The highest BCUT2D eigenvalue weighted by molar-refractivity contribution is 5.56. The maximum atomic E-state index is 3.53. The van der Waals surface area contributed by atoms with Crippen LogP contribution in [-0.2, 0) is 6.42 Å². The van der Waals surface area contributed by atoms with Crippen molar-refractivity contribution >= 4 is 5.69 Å². The second-order valence-electron chi connectivity index (χ2n) is 3.86. The molecule has 0 saturated carbocycles. The van der Waals surface area contributed by atoms with E-state index in [1.54, 1.807) is 0 Å². The quantitative estimate of drug-likeness (QED) is 0.723. The van der Waals surface area contributed by atoms with Crippen LogP contribution in [0.2, 0.25) is 0 Å². The summed E-state index contributed by atoms with van der Waals surface area (Å²) in [7, 11) is 0. The van der Waals surface area contributed by atoms with Gasteiger partial charge in [0.1, 0.15) is 0 Å². The molecule has 2 rings (SSSR count). The van der Waals surface area contributed by atoms with Crippen LogP contribution in [0.4, 0.5) is 5.69 Å². The summed E-state index contributed by atoms with van der Waals surface area (Å²) in [4.78, 5) is 0. The molecule has 0 fully saturated rings. The van der Waals surface area contributed by atoms with Gasteiger partial charge in [0.05, 0.1) is 0 Å². The summed E-state index contributed by atoms with van der Waals surface area (Å²) in [5.41, 5.74) is 2.80. The van der Waals surface area contributed by atoms with Gasteiger partial charge < -0.3 is 5.32 Å². The average molecular weight is 221 g/mol. The number of fused-ring (bicyclic) bond motifs is 1. The molecule has 0 amide bonds. The summed E-state index contributed by atoms with van der Waals surface area (Å²) >= 11 is 0. The number of hydrogen-bond acceptors (Lipinski definition) is 1. The van der Waals surface area contributed by atoms with E-state index in [4.69, 9.17) is 0 Å². The standard InChI is InChI=1S/C11H15N.2C2H6/c1-8(2)11-7-9-5-3-4-6-10(9)12-11;2*1-2/h3-6,8,11-12H,7H2,1-2H3;2*1-2H3. The molecule has 0 aromatic heterocycles. The lowest BCUT2D eigenvalue weighted by Gasteiger charge is -2.14. The zero-order valence-electron chi connectivity index (χ0n) is 11.7. The maximum absolute atomic E-state index is 3.53. The molecular weight excluding hydrogens is 194 g/mol. The van der Waals surface area contributed by atoms with E-state index in [2.05, 4.69) is 43.4 Å². The molecule has 0 spiro atoms. The van der Waals surface area contributed by atoms with Crippen molar-refractivity contribution < 1.29 is 0 Å². The molecule has 1 atom stereocenters. The van der Waals surface area contributed by atoms with Gasteiger partial charge in [0.25, 0.3) is 0 Å². The molecule has 1 unspecified atom stereocenters. The smallest absolute Gasteiger partial charge is 0.0375 e. The van der Waals surface area contributed by atoms with Crippen LogP contribution in [0.5, 0.6) is 0 Å². The molecule has 1 nitrogen and oxygen atoms in total. The molecule has 1 aromatic carbocycles. The Balaban J connectivity index is 0.000000509. The topological polar surface area (TPSA) is 12.0 Å². The molecule has 1 heterocycles. The molecule has 92 valence electrons. The molecule has 0 bridgehead atoms. The second kappa shape index (κ2) is 8.20. The SMILES string of the molecule is CC.CC.CC(C)C1Cc2ccccc2N1. The van der Waals surface area contributed by atoms with Crippen LogP contribution in [0.15, 0.2) is 24.3 Å². The van der Waals surface area contributed by atoms with Crippen molar-refractivity contribution in [1.29, 1.82) is 0 Å². The largest absolute Gasteiger partial charge is 0.381 e. The monoisotopic (exact) mass is 221 g/mol. The predicted molar refractivity (Wildman–Crippen MR) is 75.1 cm³/mol. The fourth-order valence-electron chi connectivity index (χ4n) is 1.73. The van der Waals surface area contributed by atoms with E-state index < -0.39 is 0 Å². The molecule has 1 aromatic rings. The summed E-state index contributed by atoms with van der Waals surface area (Å²) in [5.74, 6) is 0.720. The maximum Gasteiger partial charge on any atom is 0.0375 e. The number of anilines is 1. The van der Waals surface area contributed by atoms with Crippen molar-refractivity contribution in [2.24, 2.45) is 5.92 Å². The Hall–Kier alpha value is -0.980. The van der Waals surface area contributed by atoms with E-state index in [1.807, 2.05) is 27.7 Å². The zero-order chi connectivity index (χ0) is 12.6. The minimum Gasteiger partial charge on any atom is -0.381 e. The van der Waals surface area contributed by atoms with Gasteiger partial charge in [-0.25, -0.2) is 0 Å². The van der Waals surface area contributed by atoms with Gasteiger partial charge in [0.2, 0.25) is 0 Å². The second-order valence-corrected chi connectivity index (χ2v) is 3.86. The lowest BCUT2D eigenvalue weighted by atomic mass is 10.0. The Morgan fingerprint density at radius 2 is 1.62 bits per heavy atom. The fraction of sp³-hybridized carbons (Fsp3) is 0.600. The van der Waals surface area contributed by atoms with E-state index in [0.717, 1.165) is 5.92 Å². The fourth-order valence-corrected chi connectivity index (χ4v) is 1.73. The van der Waals surface area contributed by atoms with Crippen molar-refractivity contribution in [3.8, 4) is 0 Å². The third kappa shape index (κ3) is 3.88.